The first kappa shape index (κ1) is 19.4. The van der Waals surface area contributed by atoms with Gasteiger partial charge in [-0.3, -0.25) is 0 Å². The molecule has 0 aromatic heterocycles. The minimum atomic E-state index is -3.55. The van der Waals surface area contributed by atoms with Crippen LogP contribution in [-0.2, 0) is 20.5 Å². The number of halogens is 1. The highest BCUT2D eigenvalue weighted by Gasteiger charge is 2.35. The molecule has 1 N–H and O–H groups in total. The maximum Gasteiger partial charge on any atom is 0.215 e. The van der Waals surface area contributed by atoms with Gasteiger partial charge in [0.1, 0.15) is 5.82 Å². The van der Waals surface area contributed by atoms with Crippen LogP contribution in [0.1, 0.15) is 18.4 Å². The van der Waals surface area contributed by atoms with Crippen molar-refractivity contribution in [2.75, 3.05) is 19.8 Å². The van der Waals surface area contributed by atoms with Crippen LogP contribution >= 0.6 is 11.8 Å². The Morgan fingerprint density at radius 2 is 1.81 bits per heavy atom. The molecule has 4 nitrogen and oxygen atoms in total. The van der Waals surface area contributed by atoms with Crippen LogP contribution in [-0.4, -0.2) is 32.9 Å². The van der Waals surface area contributed by atoms with Gasteiger partial charge in [-0.1, -0.05) is 30.3 Å². The second kappa shape index (κ2) is 8.52. The molecule has 2 aromatic carbocycles. The average Bonchev–Trinajstić information content (AvgIpc) is 2.62. The molecule has 2 aromatic rings. The predicted molar refractivity (Wildman–Crippen MR) is 102 cm³/mol. The zero-order valence-corrected chi connectivity index (χ0v) is 16.0. The number of ether oxygens (including phenoxy) is 1. The molecule has 0 saturated carbocycles. The maximum atomic E-state index is 13.3. The molecule has 1 aliphatic heterocycles. The molecule has 0 unspecified atom stereocenters. The Morgan fingerprint density at radius 3 is 2.50 bits per heavy atom. The van der Waals surface area contributed by atoms with Gasteiger partial charge < -0.3 is 4.74 Å². The summed E-state index contributed by atoms with van der Waals surface area (Å²) in [6.45, 7) is 1.56. The van der Waals surface area contributed by atoms with Crippen molar-refractivity contribution in [2.45, 2.75) is 28.2 Å². The van der Waals surface area contributed by atoms with Crippen molar-refractivity contribution in [3.63, 3.8) is 0 Å². The lowest BCUT2D eigenvalue weighted by Crippen LogP contribution is -2.44. The zero-order chi connectivity index (χ0) is 18.5. The van der Waals surface area contributed by atoms with E-state index in [-0.39, 0.29) is 10.5 Å². The minimum absolute atomic E-state index is 0.229. The number of hydrogen-bond donors (Lipinski definition) is 1. The van der Waals surface area contributed by atoms with Gasteiger partial charge in [0, 0.05) is 29.4 Å². The molecule has 1 aliphatic rings. The van der Waals surface area contributed by atoms with Gasteiger partial charge in [-0.2, -0.15) is 0 Å². The minimum Gasteiger partial charge on any atom is -0.381 e. The third-order valence-electron chi connectivity index (χ3n) is 4.34. The molecule has 0 aliphatic carbocycles. The second-order valence-corrected chi connectivity index (χ2v) is 9.77. The van der Waals surface area contributed by atoms with Crippen LogP contribution in [0.4, 0.5) is 4.39 Å². The van der Waals surface area contributed by atoms with E-state index in [0.717, 1.165) is 17.7 Å². The Labute approximate surface area is 158 Å². The Hall–Kier alpha value is -1.41. The molecule has 140 valence electrons. The lowest BCUT2D eigenvalue weighted by Gasteiger charge is -2.36. The molecule has 1 heterocycles. The first-order valence-electron chi connectivity index (χ1n) is 8.50. The van der Waals surface area contributed by atoms with Gasteiger partial charge in [0.05, 0.1) is 5.75 Å². The van der Waals surface area contributed by atoms with Gasteiger partial charge in [-0.05, 0) is 42.7 Å². The molecular weight excluding hydrogens is 373 g/mol. The lowest BCUT2D eigenvalue weighted by atomic mass is 9.99. The van der Waals surface area contributed by atoms with Gasteiger partial charge >= 0.3 is 0 Å². The number of rotatable bonds is 7. The normalized spacial score (nSPS) is 17.1. The van der Waals surface area contributed by atoms with Gasteiger partial charge in [0.2, 0.25) is 10.0 Å². The summed E-state index contributed by atoms with van der Waals surface area (Å²) in [4.78, 5) is 1.11. The summed E-state index contributed by atoms with van der Waals surface area (Å²) < 4.78 is 46.2. The number of hydrogen-bond acceptors (Lipinski definition) is 4. The molecule has 3 rings (SSSR count). The number of thioether (sulfide) groups is 1. The zero-order valence-electron chi connectivity index (χ0n) is 14.4. The molecule has 0 bridgehead atoms. The first-order chi connectivity index (χ1) is 12.5. The Morgan fingerprint density at radius 1 is 1.08 bits per heavy atom. The monoisotopic (exact) mass is 395 g/mol. The van der Waals surface area contributed by atoms with Gasteiger partial charge in [-0.15, -0.1) is 11.8 Å². The molecule has 0 atom stereocenters. The van der Waals surface area contributed by atoms with Crippen molar-refractivity contribution in [3.8, 4) is 0 Å². The van der Waals surface area contributed by atoms with E-state index in [1.807, 2.05) is 30.3 Å². The SMILES string of the molecule is O=S(=O)(Cc1cccc(F)c1)NCC1(Sc2ccccc2)CCOCC1. The quantitative estimate of drug-likeness (QED) is 0.778. The van der Waals surface area contributed by atoms with Crippen molar-refractivity contribution < 1.29 is 17.5 Å². The third kappa shape index (κ3) is 5.54. The second-order valence-electron chi connectivity index (χ2n) is 6.42. The Kier molecular flexibility index (Phi) is 6.34. The Bertz CT molecular complexity index is 822. The van der Waals surface area contributed by atoms with Crippen molar-refractivity contribution >= 4 is 21.8 Å². The maximum absolute atomic E-state index is 13.3. The van der Waals surface area contributed by atoms with Gasteiger partial charge in [-0.25, -0.2) is 17.5 Å². The third-order valence-corrected chi connectivity index (χ3v) is 7.13. The fourth-order valence-corrected chi connectivity index (χ4v) is 5.55. The summed E-state index contributed by atoms with van der Waals surface area (Å²) in [7, 11) is -3.55. The molecule has 1 saturated heterocycles. The highest BCUT2D eigenvalue weighted by atomic mass is 32.2. The van der Waals surface area contributed by atoms with Crippen LogP contribution in [0, 0.1) is 5.82 Å². The van der Waals surface area contributed by atoms with Gasteiger partial charge in [0.25, 0.3) is 0 Å². The van der Waals surface area contributed by atoms with E-state index < -0.39 is 15.8 Å². The summed E-state index contributed by atoms with van der Waals surface area (Å²) in [6, 6.07) is 15.7. The van der Waals surface area contributed by atoms with Crippen molar-refractivity contribution in [3.05, 3.63) is 66.0 Å². The fourth-order valence-electron chi connectivity index (χ4n) is 2.94. The highest BCUT2D eigenvalue weighted by molar-refractivity contribution is 8.00. The number of benzene rings is 2. The Balaban J connectivity index is 1.68. The molecular formula is C19H22FNO3S2. The molecule has 1 fully saturated rings. The number of nitrogens with one attached hydrogen (secondary N) is 1. The lowest BCUT2D eigenvalue weighted by molar-refractivity contribution is 0.0784. The molecule has 0 radical (unpaired) electrons. The van der Waals surface area contributed by atoms with Crippen LogP contribution in [0.25, 0.3) is 0 Å². The summed E-state index contributed by atoms with van der Waals surface area (Å²) in [5.41, 5.74) is 0.439. The molecule has 0 spiro atoms. The van der Waals surface area contributed by atoms with Crippen LogP contribution in [0.15, 0.2) is 59.5 Å². The van der Waals surface area contributed by atoms with Crippen LogP contribution < -0.4 is 4.72 Å². The molecule has 26 heavy (non-hydrogen) atoms. The van der Waals surface area contributed by atoms with Crippen LogP contribution in [0.2, 0.25) is 0 Å². The summed E-state index contributed by atoms with van der Waals surface area (Å²) in [5.74, 6) is -0.661. The molecule has 0 amide bonds. The summed E-state index contributed by atoms with van der Waals surface area (Å²) >= 11 is 1.69. The van der Waals surface area contributed by atoms with E-state index in [0.29, 0.717) is 25.3 Å². The van der Waals surface area contributed by atoms with Crippen molar-refractivity contribution in [1.29, 1.82) is 0 Å². The van der Waals surface area contributed by atoms with E-state index in [9.17, 15) is 12.8 Å². The highest BCUT2D eigenvalue weighted by Crippen LogP contribution is 2.40. The average molecular weight is 396 g/mol. The van der Waals surface area contributed by atoms with E-state index in [2.05, 4.69) is 4.72 Å². The topological polar surface area (TPSA) is 55.4 Å². The van der Waals surface area contributed by atoms with E-state index in [4.69, 9.17) is 4.74 Å². The molecule has 7 heteroatoms. The summed E-state index contributed by atoms with van der Waals surface area (Å²) in [6.07, 6.45) is 1.55. The van der Waals surface area contributed by atoms with Crippen LogP contribution in [0.5, 0.6) is 0 Å². The predicted octanol–water partition coefficient (Wildman–Crippen LogP) is 3.59. The van der Waals surface area contributed by atoms with Crippen molar-refractivity contribution in [1.82, 2.24) is 4.72 Å². The van der Waals surface area contributed by atoms with E-state index >= 15 is 0 Å². The van der Waals surface area contributed by atoms with E-state index in [1.54, 1.807) is 17.8 Å². The summed E-state index contributed by atoms with van der Waals surface area (Å²) in [5, 5.41) is 0. The standard InChI is InChI=1S/C19H22FNO3S2/c20-17-6-4-5-16(13-17)14-26(22,23)21-15-19(9-11-24-12-10-19)25-18-7-2-1-3-8-18/h1-8,13,21H,9-12,14-15H2. The van der Waals surface area contributed by atoms with Crippen LogP contribution in [0.3, 0.4) is 0 Å². The van der Waals surface area contributed by atoms with Crippen molar-refractivity contribution in [2.24, 2.45) is 0 Å². The number of sulfonamides is 1. The first-order valence-corrected chi connectivity index (χ1v) is 11.0. The largest absolute Gasteiger partial charge is 0.381 e. The fraction of sp³-hybridized carbons (Fsp3) is 0.368. The van der Waals surface area contributed by atoms with Gasteiger partial charge in [0.15, 0.2) is 0 Å². The van der Waals surface area contributed by atoms with E-state index in [1.165, 1.54) is 18.2 Å². The smallest absolute Gasteiger partial charge is 0.215 e.